The van der Waals surface area contributed by atoms with Crippen LogP contribution in [-0.2, 0) is 6.54 Å². The molecule has 0 radical (unpaired) electrons. The second kappa shape index (κ2) is 5.97. The lowest BCUT2D eigenvalue weighted by Crippen LogP contribution is -2.21. The van der Waals surface area contributed by atoms with Crippen LogP contribution in [-0.4, -0.2) is 16.5 Å². The molecular formula is C15H21N3O. The van der Waals surface area contributed by atoms with Crippen molar-refractivity contribution < 1.29 is 4.42 Å². The Morgan fingerprint density at radius 1 is 1.21 bits per heavy atom. The number of rotatable bonds is 5. The van der Waals surface area contributed by atoms with Crippen molar-refractivity contribution >= 4 is 0 Å². The predicted molar refractivity (Wildman–Crippen MR) is 75.8 cm³/mol. The summed E-state index contributed by atoms with van der Waals surface area (Å²) < 4.78 is 5.34. The number of hydrogen-bond acceptors (Lipinski definition) is 4. The minimum atomic E-state index is 0.643. The summed E-state index contributed by atoms with van der Waals surface area (Å²) in [5.74, 6) is 2.02. The minimum Gasteiger partial charge on any atom is -0.461 e. The fourth-order valence-corrected chi connectivity index (χ4v) is 2.00. The Morgan fingerprint density at radius 2 is 1.89 bits per heavy atom. The molecule has 2 heterocycles. The lowest BCUT2D eigenvalue weighted by Gasteiger charge is -2.12. The first-order chi connectivity index (χ1) is 9.08. The van der Waals surface area contributed by atoms with Gasteiger partial charge in [-0.05, 0) is 38.4 Å². The van der Waals surface area contributed by atoms with Gasteiger partial charge in [-0.2, -0.15) is 0 Å². The summed E-state index contributed by atoms with van der Waals surface area (Å²) >= 11 is 0. The number of nitrogens with one attached hydrogen (secondary N) is 1. The van der Waals surface area contributed by atoms with Crippen LogP contribution in [0.5, 0.6) is 0 Å². The molecule has 0 aliphatic heterocycles. The average Bonchev–Trinajstić information content (AvgIpc) is 2.85. The summed E-state index contributed by atoms with van der Waals surface area (Å²) in [5, 5.41) is 3.43. The van der Waals surface area contributed by atoms with Crippen LogP contribution >= 0.6 is 0 Å². The van der Waals surface area contributed by atoms with Gasteiger partial charge in [-0.3, -0.25) is 0 Å². The second-order valence-electron chi connectivity index (χ2n) is 5.20. The van der Waals surface area contributed by atoms with E-state index in [2.05, 4.69) is 29.1 Å². The molecule has 0 unspecified atom stereocenters. The zero-order valence-corrected chi connectivity index (χ0v) is 12.0. The average molecular weight is 259 g/mol. The van der Waals surface area contributed by atoms with E-state index in [1.54, 1.807) is 6.26 Å². The third kappa shape index (κ3) is 3.41. The number of aryl methyl sites for hydroxylation is 2. The summed E-state index contributed by atoms with van der Waals surface area (Å²) in [6.45, 7) is 10.3. The predicted octanol–water partition coefficient (Wildman–Crippen LogP) is 3.10. The van der Waals surface area contributed by atoms with Crippen molar-refractivity contribution in [3.63, 3.8) is 0 Å². The fraction of sp³-hybridized carbons (Fsp3) is 0.467. The van der Waals surface area contributed by atoms with Crippen molar-refractivity contribution in [1.29, 1.82) is 0 Å². The lowest BCUT2D eigenvalue weighted by molar-refractivity contribution is 0.548. The van der Waals surface area contributed by atoms with Gasteiger partial charge in [-0.25, -0.2) is 9.97 Å². The highest BCUT2D eigenvalue weighted by Gasteiger charge is 2.11. The van der Waals surface area contributed by atoms with Gasteiger partial charge in [0.05, 0.1) is 6.26 Å². The van der Waals surface area contributed by atoms with Gasteiger partial charge in [0.15, 0.2) is 11.6 Å². The van der Waals surface area contributed by atoms with E-state index < -0.39 is 0 Å². The fourth-order valence-electron chi connectivity index (χ4n) is 2.00. The molecule has 0 saturated heterocycles. The van der Waals surface area contributed by atoms with Gasteiger partial charge >= 0.3 is 0 Å². The largest absolute Gasteiger partial charge is 0.461 e. The van der Waals surface area contributed by atoms with Crippen molar-refractivity contribution in [3.8, 4) is 11.6 Å². The molecule has 0 aliphatic rings. The van der Waals surface area contributed by atoms with E-state index in [1.165, 1.54) is 5.56 Å². The van der Waals surface area contributed by atoms with Gasteiger partial charge in [0.1, 0.15) is 0 Å². The first-order valence-electron chi connectivity index (χ1n) is 6.66. The molecule has 0 amide bonds. The van der Waals surface area contributed by atoms with Gasteiger partial charge in [0.2, 0.25) is 0 Å². The van der Waals surface area contributed by atoms with Crippen LogP contribution in [0.25, 0.3) is 11.6 Å². The maximum absolute atomic E-state index is 5.34. The van der Waals surface area contributed by atoms with Crippen LogP contribution in [0.4, 0.5) is 0 Å². The van der Waals surface area contributed by atoms with Crippen LogP contribution < -0.4 is 5.32 Å². The van der Waals surface area contributed by atoms with Crippen molar-refractivity contribution in [3.05, 3.63) is 35.3 Å². The number of furan rings is 1. The Bertz CT molecular complexity index is 509. The van der Waals surface area contributed by atoms with Gasteiger partial charge in [0.25, 0.3) is 0 Å². The first kappa shape index (κ1) is 13.7. The molecule has 0 fully saturated rings. The van der Waals surface area contributed by atoms with Crippen LogP contribution in [0.3, 0.4) is 0 Å². The van der Waals surface area contributed by atoms with E-state index in [1.807, 2.05) is 26.0 Å². The molecule has 0 atom stereocenters. The van der Waals surface area contributed by atoms with E-state index in [0.29, 0.717) is 17.5 Å². The zero-order chi connectivity index (χ0) is 13.8. The molecule has 2 aromatic heterocycles. The summed E-state index contributed by atoms with van der Waals surface area (Å²) in [4.78, 5) is 9.06. The van der Waals surface area contributed by atoms with Crippen molar-refractivity contribution in [2.45, 2.75) is 34.2 Å². The number of nitrogens with zero attached hydrogens (tertiary/aromatic N) is 2. The second-order valence-corrected chi connectivity index (χ2v) is 5.20. The van der Waals surface area contributed by atoms with E-state index in [0.717, 1.165) is 24.5 Å². The maximum atomic E-state index is 5.34. The van der Waals surface area contributed by atoms with Gasteiger partial charge in [0, 0.05) is 23.5 Å². The molecule has 1 N–H and O–H groups in total. The van der Waals surface area contributed by atoms with E-state index in [-0.39, 0.29) is 0 Å². The topological polar surface area (TPSA) is 51.0 Å². The number of aromatic nitrogens is 2. The molecule has 2 aromatic rings. The van der Waals surface area contributed by atoms with E-state index >= 15 is 0 Å². The van der Waals surface area contributed by atoms with Crippen LogP contribution in [0.15, 0.2) is 22.8 Å². The molecule has 0 bridgehead atoms. The highest BCUT2D eigenvalue weighted by Crippen LogP contribution is 2.19. The molecule has 0 saturated carbocycles. The van der Waals surface area contributed by atoms with Gasteiger partial charge in [-0.1, -0.05) is 13.8 Å². The highest BCUT2D eigenvalue weighted by atomic mass is 16.3. The monoisotopic (exact) mass is 259 g/mol. The Kier molecular flexibility index (Phi) is 4.32. The van der Waals surface area contributed by atoms with Gasteiger partial charge < -0.3 is 9.73 Å². The Labute approximate surface area is 114 Å². The van der Waals surface area contributed by atoms with Gasteiger partial charge in [-0.15, -0.1) is 0 Å². The quantitative estimate of drug-likeness (QED) is 0.896. The van der Waals surface area contributed by atoms with Crippen LogP contribution in [0, 0.1) is 19.8 Å². The Hall–Kier alpha value is -1.68. The molecule has 102 valence electrons. The van der Waals surface area contributed by atoms with Crippen LogP contribution in [0.1, 0.15) is 30.8 Å². The molecule has 19 heavy (non-hydrogen) atoms. The smallest absolute Gasteiger partial charge is 0.196 e. The Morgan fingerprint density at radius 3 is 2.42 bits per heavy atom. The third-order valence-corrected chi connectivity index (χ3v) is 3.02. The summed E-state index contributed by atoms with van der Waals surface area (Å²) in [7, 11) is 0. The van der Waals surface area contributed by atoms with E-state index in [4.69, 9.17) is 4.42 Å². The Balaban J connectivity index is 2.18. The molecule has 0 spiro atoms. The molecule has 2 rings (SSSR count). The van der Waals surface area contributed by atoms with Crippen molar-refractivity contribution in [1.82, 2.24) is 15.3 Å². The van der Waals surface area contributed by atoms with Crippen molar-refractivity contribution in [2.75, 3.05) is 6.54 Å². The first-order valence-corrected chi connectivity index (χ1v) is 6.66. The SMILES string of the molecule is Cc1nc(-c2ccco2)nc(C)c1CNCC(C)C. The van der Waals surface area contributed by atoms with E-state index in [9.17, 15) is 0 Å². The highest BCUT2D eigenvalue weighted by molar-refractivity contribution is 5.47. The lowest BCUT2D eigenvalue weighted by atomic mass is 10.1. The molecule has 4 heteroatoms. The third-order valence-electron chi connectivity index (χ3n) is 3.02. The van der Waals surface area contributed by atoms with Crippen LogP contribution in [0.2, 0.25) is 0 Å². The summed E-state index contributed by atoms with van der Waals surface area (Å²) in [6.07, 6.45) is 1.64. The minimum absolute atomic E-state index is 0.643. The zero-order valence-electron chi connectivity index (χ0n) is 12.0. The van der Waals surface area contributed by atoms with Crippen molar-refractivity contribution in [2.24, 2.45) is 5.92 Å². The molecule has 0 aromatic carbocycles. The number of hydrogen-bond donors (Lipinski definition) is 1. The standard InChI is InChI=1S/C15H21N3O/c1-10(2)8-16-9-13-11(3)17-15(18-12(13)4)14-6-5-7-19-14/h5-7,10,16H,8-9H2,1-4H3. The normalized spacial score (nSPS) is 11.2. The molecule has 4 nitrogen and oxygen atoms in total. The molecular weight excluding hydrogens is 238 g/mol. The molecule has 0 aliphatic carbocycles. The maximum Gasteiger partial charge on any atom is 0.196 e. The summed E-state index contributed by atoms with van der Waals surface area (Å²) in [6, 6.07) is 3.73. The summed E-state index contributed by atoms with van der Waals surface area (Å²) in [5.41, 5.74) is 3.20.